The molecule has 1 fully saturated rings. The Bertz CT molecular complexity index is 246. The summed E-state index contributed by atoms with van der Waals surface area (Å²) in [5, 5.41) is 2.06. The van der Waals surface area contributed by atoms with Crippen LogP contribution < -0.4 is 5.43 Å². The molecule has 1 amide bonds. The molecular formula is C13H26N2O2. The fourth-order valence-corrected chi connectivity index (χ4v) is 2.20. The lowest BCUT2D eigenvalue weighted by atomic mass is 10.0. The van der Waals surface area contributed by atoms with E-state index in [1.54, 1.807) is 0 Å². The summed E-state index contributed by atoms with van der Waals surface area (Å²) in [6.07, 6.45) is 5.53. The summed E-state index contributed by atoms with van der Waals surface area (Å²) in [6, 6.07) is 0.473. The SMILES string of the molecule is CCC[C@H]1CCCCN1NC(=O)OC(C)(C)C. The number of rotatable bonds is 3. The van der Waals surface area contributed by atoms with Gasteiger partial charge in [-0.1, -0.05) is 19.8 Å². The van der Waals surface area contributed by atoms with Crippen molar-refractivity contribution in [3.63, 3.8) is 0 Å². The normalized spacial score (nSPS) is 22.2. The first-order valence-corrected chi connectivity index (χ1v) is 6.68. The van der Waals surface area contributed by atoms with E-state index in [-0.39, 0.29) is 6.09 Å². The van der Waals surface area contributed by atoms with Crippen molar-refractivity contribution in [3.8, 4) is 0 Å². The monoisotopic (exact) mass is 242 g/mol. The van der Waals surface area contributed by atoms with Gasteiger partial charge >= 0.3 is 6.09 Å². The molecule has 1 aliphatic heterocycles. The number of piperidine rings is 1. The van der Waals surface area contributed by atoms with E-state index < -0.39 is 5.60 Å². The van der Waals surface area contributed by atoms with Crippen molar-refractivity contribution in [1.29, 1.82) is 0 Å². The summed E-state index contributed by atoms with van der Waals surface area (Å²) in [7, 11) is 0. The average molecular weight is 242 g/mol. The number of ether oxygens (including phenoxy) is 1. The molecule has 0 unspecified atom stereocenters. The predicted molar refractivity (Wildman–Crippen MR) is 68.6 cm³/mol. The zero-order valence-electron chi connectivity index (χ0n) is 11.6. The summed E-state index contributed by atoms with van der Waals surface area (Å²) >= 11 is 0. The van der Waals surface area contributed by atoms with Gasteiger partial charge in [-0.2, -0.15) is 0 Å². The number of hydrogen-bond donors (Lipinski definition) is 1. The fraction of sp³-hybridized carbons (Fsp3) is 0.923. The number of amides is 1. The van der Waals surface area contributed by atoms with E-state index in [0.717, 1.165) is 25.8 Å². The Kier molecular flexibility index (Phi) is 5.25. The molecule has 100 valence electrons. The molecule has 17 heavy (non-hydrogen) atoms. The molecule has 0 radical (unpaired) electrons. The predicted octanol–water partition coefficient (Wildman–Crippen LogP) is 3.08. The van der Waals surface area contributed by atoms with E-state index in [0.29, 0.717) is 6.04 Å². The van der Waals surface area contributed by atoms with Crippen LogP contribution in [0.25, 0.3) is 0 Å². The van der Waals surface area contributed by atoms with Gasteiger partial charge in [0, 0.05) is 12.6 Å². The molecule has 4 heteroatoms. The van der Waals surface area contributed by atoms with Crippen molar-refractivity contribution in [2.75, 3.05) is 6.54 Å². The van der Waals surface area contributed by atoms with Crippen molar-refractivity contribution < 1.29 is 9.53 Å². The van der Waals surface area contributed by atoms with Gasteiger partial charge in [-0.25, -0.2) is 9.80 Å². The van der Waals surface area contributed by atoms with Crippen LogP contribution in [-0.4, -0.2) is 29.3 Å². The second kappa shape index (κ2) is 6.24. The maximum atomic E-state index is 11.7. The molecule has 0 spiro atoms. The average Bonchev–Trinajstić information content (AvgIpc) is 2.18. The molecule has 1 rings (SSSR count). The summed E-state index contributed by atoms with van der Waals surface area (Å²) in [6.45, 7) is 8.76. The van der Waals surface area contributed by atoms with Crippen LogP contribution >= 0.6 is 0 Å². The summed E-state index contributed by atoms with van der Waals surface area (Å²) in [5.41, 5.74) is 2.45. The highest BCUT2D eigenvalue weighted by atomic mass is 16.6. The number of carbonyl (C=O) groups is 1. The smallest absolute Gasteiger partial charge is 0.422 e. The lowest BCUT2D eigenvalue weighted by molar-refractivity contribution is 0.0154. The Morgan fingerprint density at radius 2 is 2.12 bits per heavy atom. The van der Waals surface area contributed by atoms with Crippen LogP contribution in [0.4, 0.5) is 4.79 Å². The van der Waals surface area contributed by atoms with Crippen molar-refractivity contribution >= 4 is 6.09 Å². The molecule has 1 N–H and O–H groups in total. The van der Waals surface area contributed by atoms with E-state index in [2.05, 4.69) is 17.4 Å². The third-order valence-electron chi connectivity index (χ3n) is 2.88. The van der Waals surface area contributed by atoms with Crippen molar-refractivity contribution in [1.82, 2.24) is 10.4 Å². The Labute approximate surface area is 105 Å². The Morgan fingerprint density at radius 3 is 2.71 bits per heavy atom. The highest BCUT2D eigenvalue weighted by Crippen LogP contribution is 2.19. The highest BCUT2D eigenvalue weighted by molar-refractivity contribution is 5.67. The maximum Gasteiger partial charge on any atom is 0.422 e. The Morgan fingerprint density at radius 1 is 1.41 bits per heavy atom. The first kappa shape index (κ1) is 14.3. The van der Waals surface area contributed by atoms with Gasteiger partial charge in [0.15, 0.2) is 0 Å². The van der Waals surface area contributed by atoms with Gasteiger partial charge in [-0.3, -0.25) is 5.43 Å². The maximum absolute atomic E-state index is 11.7. The number of hydrazine groups is 1. The highest BCUT2D eigenvalue weighted by Gasteiger charge is 2.25. The van der Waals surface area contributed by atoms with Crippen molar-refractivity contribution in [2.24, 2.45) is 0 Å². The number of nitrogens with zero attached hydrogens (tertiary/aromatic N) is 1. The van der Waals surface area contributed by atoms with Gasteiger partial charge in [-0.05, 0) is 40.0 Å². The summed E-state index contributed by atoms with van der Waals surface area (Å²) in [5.74, 6) is 0. The summed E-state index contributed by atoms with van der Waals surface area (Å²) < 4.78 is 5.28. The largest absolute Gasteiger partial charge is 0.443 e. The van der Waals surface area contributed by atoms with E-state index >= 15 is 0 Å². The number of carbonyl (C=O) groups excluding carboxylic acids is 1. The molecular weight excluding hydrogens is 216 g/mol. The van der Waals surface area contributed by atoms with E-state index in [1.165, 1.54) is 12.8 Å². The molecule has 1 heterocycles. The zero-order chi connectivity index (χ0) is 12.9. The number of hydrogen-bond acceptors (Lipinski definition) is 3. The van der Waals surface area contributed by atoms with Crippen LogP contribution in [0.5, 0.6) is 0 Å². The van der Waals surface area contributed by atoms with E-state index in [1.807, 2.05) is 20.8 Å². The second-order valence-corrected chi connectivity index (χ2v) is 5.75. The van der Waals surface area contributed by atoms with Crippen LogP contribution in [0.1, 0.15) is 59.8 Å². The van der Waals surface area contributed by atoms with Crippen LogP contribution in [0.3, 0.4) is 0 Å². The van der Waals surface area contributed by atoms with Crippen molar-refractivity contribution in [3.05, 3.63) is 0 Å². The molecule has 0 saturated carbocycles. The van der Waals surface area contributed by atoms with Crippen LogP contribution in [0, 0.1) is 0 Å². The van der Waals surface area contributed by atoms with Crippen LogP contribution in [-0.2, 0) is 4.74 Å². The zero-order valence-corrected chi connectivity index (χ0v) is 11.6. The van der Waals surface area contributed by atoms with Gasteiger partial charge in [-0.15, -0.1) is 0 Å². The standard InChI is InChI=1S/C13H26N2O2/c1-5-8-11-9-6-7-10-15(11)14-12(16)17-13(2,3)4/h11H,5-10H2,1-4H3,(H,14,16)/t11-/m0/s1. The summed E-state index contributed by atoms with van der Waals surface area (Å²) in [4.78, 5) is 11.7. The third-order valence-corrected chi connectivity index (χ3v) is 2.88. The molecule has 1 atom stereocenters. The molecule has 1 aliphatic rings. The first-order valence-electron chi connectivity index (χ1n) is 6.68. The van der Waals surface area contributed by atoms with Gasteiger partial charge < -0.3 is 4.74 Å². The van der Waals surface area contributed by atoms with Gasteiger partial charge in [0.2, 0.25) is 0 Å². The van der Waals surface area contributed by atoms with E-state index in [9.17, 15) is 4.79 Å². The topological polar surface area (TPSA) is 41.6 Å². The lowest BCUT2D eigenvalue weighted by Crippen LogP contribution is -2.52. The fourth-order valence-electron chi connectivity index (χ4n) is 2.20. The molecule has 1 saturated heterocycles. The Balaban J connectivity index is 2.44. The van der Waals surface area contributed by atoms with Gasteiger partial charge in [0.25, 0.3) is 0 Å². The second-order valence-electron chi connectivity index (χ2n) is 5.75. The quantitative estimate of drug-likeness (QED) is 0.827. The number of nitrogens with one attached hydrogen (secondary N) is 1. The van der Waals surface area contributed by atoms with E-state index in [4.69, 9.17) is 4.74 Å². The molecule has 0 aromatic rings. The molecule has 0 aromatic heterocycles. The van der Waals surface area contributed by atoms with Gasteiger partial charge in [0.1, 0.15) is 5.60 Å². The van der Waals surface area contributed by atoms with Gasteiger partial charge in [0.05, 0.1) is 0 Å². The Hall–Kier alpha value is -0.770. The lowest BCUT2D eigenvalue weighted by Gasteiger charge is -2.35. The first-order chi connectivity index (χ1) is 7.92. The molecule has 0 aliphatic carbocycles. The molecule has 4 nitrogen and oxygen atoms in total. The third kappa shape index (κ3) is 5.39. The van der Waals surface area contributed by atoms with Crippen molar-refractivity contribution in [2.45, 2.75) is 71.4 Å². The minimum Gasteiger partial charge on any atom is -0.443 e. The van der Waals surface area contributed by atoms with Crippen LogP contribution in [0.2, 0.25) is 0 Å². The minimum absolute atomic E-state index is 0.333. The minimum atomic E-state index is -0.430. The van der Waals surface area contributed by atoms with Crippen LogP contribution in [0.15, 0.2) is 0 Å². The molecule has 0 aromatic carbocycles. The molecule has 0 bridgehead atoms.